The topological polar surface area (TPSA) is 20.3 Å². The van der Waals surface area contributed by atoms with E-state index in [4.69, 9.17) is 0 Å². The number of anilines is 1. The third-order valence-electron chi connectivity index (χ3n) is 4.12. The van der Waals surface area contributed by atoms with Crippen LogP contribution in [-0.2, 0) is 11.2 Å². The van der Waals surface area contributed by atoms with E-state index in [0.717, 1.165) is 32.1 Å². The Kier molecular flexibility index (Phi) is 4.05. The largest absolute Gasteiger partial charge is 0.371 e. The molecular weight excluding hydrogens is 222 g/mol. The molecule has 1 aromatic carbocycles. The van der Waals surface area contributed by atoms with Gasteiger partial charge in [-0.1, -0.05) is 25.1 Å². The van der Waals surface area contributed by atoms with Gasteiger partial charge >= 0.3 is 0 Å². The maximum Gasteiger partial charge on any atom is 0.133 e. The van der Waals surface area contributed by atoms with Crippen molar-refractivity contribution in [3.63, 3.8) is 0 Å². The van der Waals surface area contributed by atoms with Gasteiger partial charge < -0.3 is 4.90 Å². The predicted octanol–water partition coefficient (Wildman–Crippen LogP) is 3.51. The van der Waals surface area contributed by atoms with Crippen molar-refractivity contribution in [1.82, 2.24) is 0 Å². The number of carbonyl (C=O) groups excluding carboxylic acids is 1. The first-order valence-electron chi connectivity index (χ1n) is 6.96. The number of carbonyl (C=O) groups is 1. The smallest absolute Gasteiger partial charge is 0.133 e. The molecule has 0 aromatic heterocycles. The highest BCUT2D eigenvalue weighted by Crippen LogP contribution is 2.30. The van der Waals surface area contributed by atoms with Crippen LogP contribution in [0.1, 0.15) is 43.7 Å². The van der Waals surface area contributed by atoms with Crippen molar-refractivity contribution < 1.29 is 4.79 Å². The van der Waals surface area contributed by atoms with Crippen molar-refractivity contribution in [2.45, 2.75) is 52.0 Å². The van der Waals surface area contributed by atoms with Crippen LogP contribution in [-0.4, -0.2) is 18.9 Å². The summed E-state index contributed by atoms with van der Waals surface area (Å²) in [6.45, 7) is 4.38. The molecule has 0 aliphatic heterocycles. The van der Waals surface area contributed by atoms with Gasteiger partial charge in [0.15, 0.2) is 0 Å². The van der Waals surface area contributed by atoms with Gasteiger partial charge in [-0.2, -0.15) is 0 Å². The summed E-state index contributed by atoms with van der Waals surface area (Å²) in [5.41, 5.74) is 4.13. The van der Waals surface area contributed by atoms with E-state index in [0.29, 0.717) is 11.8 Å². The Morgan fingerprint density at radius 1 is 1.28 bits per heavy atom. The number of ketones is 1. The summed E-state index contributed by atoms with van der Waals surface area (Å²) in [4.78, 5) is 13.7. The maximum atomic E-state index is 11.3. The molecule has 0 saturated heterocycles. The Morgan fingerprint density at radius 2 is 1.94 bits per heavy atom. The lowest BCUT2D eigenvalue weighted by Crippen LogP contribution is -2.36. The molecule has 0 N–H and O–H groups in total. The summed E-state index contributed by atoms with van der Waals surface area (Å²) >= 11 is 0. The van der Waals surface area contributed by atoms with Gasteiger partial charge in [0.1, 0.15) is 5.78 Å². The second-order valence-electron chi connectivity index (χ2n) is 5.32. The molecular formula is C16H23NO. The first-order chi connectivity index (χ1) is 8.63. The Bertz CT molecular complexity index is 429. The Labute approximate surface area is 110 Å². The Hall–Kier alpha value is -1.31. The van der Waals surface area contributed by atoms with Crippen LogP contribution in [0.15, 0.2) is 18.2 Å². The maximum absolute atomic E-state index is 11.3. The molecule has 2 nitrogen and oxygen atoms in total. The van der Waals surface area contributed by atoms with E-state index in [-0.39, 0.29) is 0 Å². The van der Waals surface area contributed by atoms with Gasteiger partial charge in [0.05, 0.1) is 0 Å². The van der Waals surface area contributed by atoms with Crippen LogP contribution in [0.25, 0.3) is 0 Å². The molecule has 0 radical (unpaired) electrons. The van der Waals surface area contributed by atoms with Gasteiger partial charge in [-0.25, -0.2) is 0 Å². The molecule has 1 saturated carbocycles. The molecule has 1 aromatic rings. The minimum atomic E-state index is 0.431. The number of para-hydroxylation sites is 1. The van der Waals surface area contributed by atoms with Gasteiger partial charge in [0.25, 0.3) is 0 Å². The molecule has 0 amide bonds. The van der Waals surface area contributed by atoms with Gasteiger partial charge in [-0.3, -0.25) is 4.79 Å². The quantitative estimate of drug-likeness (QED) is 0.812. The van der Waals surface area contributed by atoms with Crippen molar-refractivity contribution in [2.75, 3.05) is 11.9 Å². The average molecular weight is 245 g/mol. The normalized spacial score (nSPS) is 16.9. The standard InChI is InChI=1S/C16H23NO/c1-4-13-7-5-6-12(2)16(13)17(3)14-8-10-15(18)11-9-14/h5-7,14H,4,8-11H2,1-3H3. The monoisotopic (exact) mass is 245 g/mol. The van der Waals surface area contributed by atoms with Gasteiger partial charge in [-0.05, 0) is 37.3 Å². The minimum Gasteiger partial charge on any atom is -0.371 e. The highest BCUT2D eigenvalue weighted by atomic mass is 16.1. The second-order valence-corrected chi connectivity index (χ2v) is 5.32. The molecule has 0 bridgehead atoms. The van der Waals surface area contributed by atoms with E-state index in [2.05, 4.69) is 44.0 Å². The molecule has 0 spiro atoms. The van der Waals surface area contributed by atoms with E-state index in [1.807, 2.05) is 0 Å². The van der Waals surface area contributed by atoms with Crippen LogP contribution < -0.4 is 4.90 Å². The number of Topliss-reactive ketones (excluding diaryl/α,β-unsaturated/α-hetero) is 1. The van der Waals surface area contributed by atoms with E-state index < -0.39 is 0 Å². The molecule has 0 heterocycles. The number of rotatable bonds is 3. The summed E-state index contributed by atoms with van der Waals surface area (Å²) in [5.74, 6) is 0.431. The summed E-state index contributed by atoms with van der Waals surface area (Å²) in [7, 11) is 2.18. The highest BCUT2D eigenvalue weighted by molar-refractivity contribution is 5.79. The van der Waals surface area contributed by atoms with Crippen molar-refractivity contribution >= 4 is 11.5 Å². The van der Waals surface area contributed by atoms with Gasteiger partial charge in [0.2, 0.25) is 0 Å². The van der Waals surface area contributed by atoms with Crippen LogP contribution >= 0.6 is 0 Å². The third-order valence-corrected chi connectivity index (χ3v) is 4.12. The molecule has 98 valence electrons. The first kappa shape index (κ1) is 13.1. The molecule has 1 aliphatic carbocycles. The lowest BCUT2D eigenvalue weighted by molar-refractivity contribution is -0.120. The SMILES string of the molecule is CCc1cccc(C)c1N(C)C1CCC(=O)CC1. The first-order valence-corrected chi connectivity index (χ1v) is 6.96. The minimum absolute atomic E-state index is 0.431. The van der Waals surface area contributed by atoms with Crippen molar-refractivity contribution in [3.8, 4) is 0 Å². The molecule has 1 fully saturated rings. The summed E-state index contributed by atoms with van der Waals surface area (Å²) in [5, 5.41) is 0. The van der Waals surface area contributed by atoms with Crippen LogP contribution in [0.3, 0.4) is 0 Å². The number of hydrogen-bond acceptors (Lipinski definition) is 2. The van der Waals surface area contributed by atoms with Crippen molar-refractivity contribution in [1.29, 1.82) is 0 Å². The molecule has 0 unspecified atom stereocenters. The third kappa shape index (κ3) is 2.58. The second kappa shape index (κ2) is 5.55. The predicted molar refractivity (Wildman–Crippen MR) is 76.2 cm³/mol. The fourth-order valence-corrected chi connectivity index (χ4v) is 3.00. The Morgan fingerprint density at radius 3 is 2.56 bits per heavy atom. The zero-order chi connectivity index (χ0) is 13.1. The van der Waals surface area contributed by atoms with E-state index in [1.165, 1.54) is 16.8 Å². The van der Waals surface area contributed by atoms with E-state index in [9.17, 15) is 4.79 Å². The molecule has 18 heavy (non-hydrogen) atoms. The number of benzene rings is 1. The van der Waals surface area contributed by atoms with Crippen molar-refractivity contribution in [3.05, 3.63) is 29.3 Å². The number of nitrogens with zero attached hydrogens (tertiary/aromatic N) is 1. The zero-order valence-electron chi connectivity index (χ0n) is 11.7. The van der Waals surface area contributed by atoms with Crippen molar-refractivity contribution in [2.24, 2.45) is 0 Å². The van der Waals surface area contributed by atoms with Crippen LogP contribution in [0, 0.1) is 6.92 Å². The van der Waals surface area contributed by atoms with Gasteiger partial charge in [-0.15, -0.1) is 0 Å². The zero-order valence-corrected chi connectivity index (χ0v) is 11.7. The fourth-order valence-electron chi connectivity index (χ4n) is 3.00. The molecule has 2 rings (SSSR count). The lowest BCUT2D eigenvalue weighted by Gasteiger charge is -2.34. The van der Waals surface area contributed by atoms with Crippen LogP contribution in [0.4, 0.5) is 5.69 Å². The molecule has 0 atom stereocenters. The van der Waals surface area contributed by atoms with Gasteiger partial charge in [0, 0.05) is 31.6 Å². The fraction of sp³-hybridized carbons (Fsp3) is 0.562. The van der Waals surface area contributed by atoms with E-state index >= 15 is 0 Å². The summed E-state index contributed by atoms with van der Waals surface area (Å²) in [6, 6.07) is 7.05. The highest BCUT2D eigenvalue weighted by Gasteiger charge is 2.24. The Balaban J connectivity index is 2.22. The summed E-state index contributed by atoms with van der Waals surface area (Å²) in [6.07, 6.45) is 4.58. The number of hydrogen-bond donors (Lipinski definition) is 0. The molecule has 2 heteroatoms. The van der Waals surface area contributed by atoms with Crippen LogP contribution in [0.5, 0.6) is 0 Å². The van der Waals surface area contributed by atoms with E-state index in [1.54, 1.807) is 0 Å². The number of aryl methyl sites for hydroxylation is 2. The van der Waals surface area contributed by atoms with Crippen LogP contribution in [0.2, 0.25) is 0 Å². The molecule has 1 aliphatic rings. The average Bonchev–Trinajstić information content (AvgIpc) is 2.38. The lowest BCUT2D eigenvalue weighted by atomic mass is 9.92. The summed E-state index contributed by atoms with van der Waals surface area (Å²) < 4.78 is 0.